The quantitative estimate of drug-likeness (QED) is 0.638. The summed E-state index contributed by atoms with van der Waals surface area (Å²) in [6.45, 7) is 4.19. The predicted molar refractivity (Wildman–Crippen MR) is 81.8 cm³/mol. The van der Waals surface area contributed by atoms with Crippen molar-refractivity contribution in [3.8, 4) is 17.6 Å². The molecule has 0 aromatic carbocycles. The first kappa shape index (κ1) is 14.9. The number of hydrogen-bond donors (Lipinski definition) is 1. The van der Waals surface area contributed by atoms with Crippen molar-refractivity contribution < 1.29 is 4.74 Å². The van der Waals surface area contributed by atoms with Crippen molar-refractivity contribution in [2.45, 2.75) is 51.6 Å². The van der Waals surface area contributed by atoms with E-state index >= 15 is 0 Å². The Balaban J connectivity index is 1.81. The minimum absolute atomic E-state index is 0.272. The number of aromatic nitrogens is 1. The first-order chi connectivity index (χ1) is 9.88. The van der Waals surface area contributed by atoms with Gasteiger partial charge in [0.2, 0.25) is 0 Å². The number of ether oxygens (including phenoxy) is 1. The van der Waals surface area contributed by atoms with E-state index in [2.05, 4.69) is 29.1 Å². The molecule has 1 saturated heterocycles. The molecule has 0 spiro atoms. The molecule has 1 atom stereocenters. The lowest BCUT2D eigenvalue weighted by Gasteiger charge is -2.11. The van der Waals surface area contributed by atoms with Crippen LogP contribution in [0.3, 0.4) is 0 Å². The Hall–Kier alpha value is -1.53. The van der Waals surface area contributed by atoms with Gasteiger partial charge in [-0.05, 0) is 25.5 Å². The molecule has 1 N–H and O–H groups in total. The molecule has 0 radical (unpaired) electrons. The van der Waals surface area contributed by atoms with Gasteiger partial charge in [0.25, 0.3) is 0 Å². The number of rotatable bonds is 6. The predicted octanol–water partition coefficient (Wildman–Crippen LogP) is 3.14. The third-order valence-electron chi connectivity index (χ3n) is 3.42. The molecule has 1 aliphatic heterocycles. The van der Waals surface area contributed by atoms with Crippen molar-refractivity contribution in [2.75, 3.05) is 13.1 Å². The number of unbranched alkanes of at least 4 members (excludes halogenated alkanes) is 4. The van der Waals surface area contributed by atoms with Gasteiger partial charge in [0.1, 0.15) is 11.9 Å². The molecule has 3 heteroatoms. The molecule has 108 valence electrons. The van der Waals surface area contributed by atoms with Crippen LogP contribution in [0.25, 0.3) is 0 Å². The first-order valence-electron chi connectivity index (χ1n) is 7.70. The SMILES string of the molecule is CCCCCCC#Cc1cncc(O[C@H]2CCNC2)c1. The average molecular weight is 272 g/mol. The minimum atomic E-state index is 0.272. The van der Waals surface area contributed by atoms with Crippen molar-refractivity contribution in [2.24, 2.45) is 0 Å². The molecular formula is C17H24N2O. The summed E-state index contributed by atoms with van der Waals surface area (Å²) in [5.74, 6) is 7.23. The second kappa shape index (κ2) is 8.60. The van der Waals surface area contributed by atoms with Crippen LogP contribution in [-0.2, 0) is 0 Å². The van der Waals surface area contributed by atoms with Gasteiger partial charge in [0.05, 0.1) is 6.20 Å². The highest BCUT2D eigenvalue weighted by molar-refractivity contribution is 5.36. The molecule has 0 amide bonds. The number of nitrogens with zero attached hydrogens (tertiary/aromatic N) is 1. The van der Waals surface area contributed by atoms with Gasteiger partial charge >= 0.3 is 0 Å². The maximum Gasteiger partial charge on any atom is 0.139 e. The summed E-state index contributed by atoms with van der Waals surface area (Å²) in [7, 11) is 0. The summed E-state index contributed by atoms with van der Waals surface area (Å²) in [5.41, 5.74) is 0.948. The van der Waals surface area contributed by atoms with Crippen molar-refractivity contribution in [3.05, 3.63) is 24.0 Å². The minimum Gasteiger partial charge on any atom is -0.487 e. The standard InChI is InChI=1S/C17H24N2O/c1-2-3-4-5-6-7-8-15-11-17(14-19-12-15)20-16-9-10-18-13-16/h11-12,14,16,18H,2-6,9-10,13H2,1H3/t16-/m0/s1. The van der Waals surface area contributed by atoms with E-state index in [4.69, 9.17) is 4.74 Å². The van der Waals surface area contributed by atoms with Crippen molar-refractivity contribution in [1.82, 2.24) is 10.3 Å². The second-order valence-electron chi connectivity index (χ2n) is 5.25. The van der Waals surface area contributed by atoms with Crippen LogP contribution in [0.2, 0.25) is 0 Å². The zero-order valence-electron chi connectivity index (χ0n) is 12.3. The van der Waals surface area contributed by atoms with Crippen LogP contribution in [0.4, 0.5) is 0 Å². The van der Waals surface area contributed by atoms with E-state index in [1.54, 1.807) is 12.4 Å². The van der Waals surface area contributed by atoms with Crippen LogP contribution in [0, 0.1) is 11.8 Å². The number of nitrogens with one attached hydrogen (secondary N) is 1. The van der Waals surface area contributed by atoms with Crippen LogP contribution in [-0.4, -0.2) is 24.2 Å². The van der Waals surface area contributed by atoms with Crippen LogP contribution in [0.15, 0.2) is 18.5 Å². The fourth-order valence-corrected chi connectivity index (χ4v) is 2.28. The highest BCUT2D eigenvalue weighted by atomic mass is 16.5. The van der Waals surface area contributed by atoms with E-state index in [9.17, 15) is 0 Å². The van der Waals surface area contributed by atoms with E-state index in [1.807, 2.05) is 6.07 Å². The second-order valence-corrected chi connectivity index (χ2v) is 5.25. The molecule has 1 aromatic heterocycles. The van der Waals surface area contributed by atoms with Crippen LogP contribution in [0.1, 0.15) is 51.0 Å². The van der Waals surface area contributed by atoms with Crippen LogP contribution < -0.4 is 10.1 Å². The molecule has 3 nitrogen and oxygen atoms in total. The molecule has 0 bridgehead atoms. The largest absolute Gasteiger partial charge is 0.487 e. The molecule has 1 aromatic rings. The van der Waals surface area contributed by atoms with Gasteiger partial charge in [-0.3, -0.25) is 4.98 Å². The normalized spacial score (nSPS) is 17.6. The van der Waals surface area contributed by atoms with Crippen molar-refractivity contribution in [1.29, 1.82) is 0 Å². The van der Waals surface area contributed by atoms with Gasteiger partial charge in [0.15, 0.2) is 0 Å². The van der Waals surface area contributed by atoms with Gasteiger partial charge < -0.3 is 10.1 Å². The van der Waals surface area contributed by atoms with Crippen molar-refractivity contribution in [3.63, 3.8) is 0 Å². The summed E-state index contributed by atoms with van der Waals surface area (Å²) in [5, 5.41) is 3.29. The topological polar surface area (TPSA) is 34.1 Å². The number of pyridine rings is 1. The van der Waals surface area contributed by atoms with Crippen LogP contribution >= 0.6 is 0 Å². The molecule has 0 saturated carbocycles. The Morgan fingerprint density at radius 3 is 3.10 bits per heavy atom. The first-order valence-corrected chi connectivity index (χ1v) is 7.70. The smallest absolute Gasteiger partial charge is 0.139 e. The van der Waals surface area contributed by atoms with Gasteiger partial charge in [-0.25, -0.2) is 0 Å². The summed E-state index contributed by atoms with van der Waals surface area (Å²) in [6, 6.07) is 1.99. The summed E-state index contributed by atoms with van der Waals surface area (Å²) < 4.78 is 5.88. The van der Waals surface area contributed by atoms with E-state index < -0.39 is 0 Å². The Morgan fingerprint density at radius 1 is 1.35 bits per heavy atom. The Labute approximate surface area is 122 Å². The third-order valence-corrected chi connectivity index (χ3v) is 3.42. The fraction of sp³-hybridized carbons (Fsp3) is 0.588. The monoisotopic (exact) mass is 272 g/mol. The average Bonchev–Trinajstić information content (AvgIpc) is 2.96. The van der Waals surface area contributed by atoms with E-state index in [-0.39, 0.29) is 6.10 Å². The Bertz CT molecular complexity index is 456. The zero-order chi connectivity index (χ0) is 14.0. The molecule has 0 unspecified atom stereocenters. The summed E-state index contributed by atoms with van der Waals surface area (Å²) in [4.78, 5) is 4.21. The molecule has 2 heterocycles. The highest BCUT2D eigenvalue weighted by Gasteiger charge is 2.15. The molecule has 1 fully saturated rings. The van der Waals surface area contributed by atoms with Gasteiger partial charge in [0, 0.05) is 24.7 Å². The molecule has 2 rings (SSSR count). The molecular weight excluding hydrogens is 248 g/mol. The van der Waals surface area contributed by atoms with Gasteiger partial charge in [-0.1, -0.05) is 38.0 Å². The Morgan fingerprint density at radius 2 is 2.30 bits per heavy atom. The lowest BCUT2D eigenvalue weighted by atomic mass is 10.1. The zero-order valence-corrected chi connectivity index (χ0v) is 12.3. The van der Waals surface area contributed by atoms with E-state index in [0.29, 0.717) is 0 Å². The van der Waals surface area contributed by atoms with Gasteiger partial charge in [-0.2, -0.15) is 0 Å². The lowest BCUT2D eigenvalue weighted by molar-refractivity contribution is 0.222. The Kier molecular flexibility index (Phi) is 6.40. The van der Waals surface area contributed by atoms with E-state index in [0.717, 1.165) is 37.2 Å². The number of hydrogen-bond acceptors (Lipinski definition) is 3. The fourth-order valence-electron chi connectivity index (χ4n) is 2.28. The third kappa shape index (κ3) is 5.22. The molecule has 0 aliphatic carbocycles. The maximum atomic E-state index is 5.88. The summed E-state index contributed by atoms with van der Waals surface area (Å²) >= 11 is 0. The van der Waals surface area contributed by atoms with E-state index in [1.165, 1.54) is 25.7 Å². The highest BCUT2D eigenvalue weighted by Crippen LogP contribution is 2.15. The van der Waals surface area contributed by atoms with Gasteiger partial charge in [-0.15, -0.1) is 0 Å². The van der Waals surface area contributed by atoms with Crippen molar-refractivity contribution >= 4 is 0 Å². The molecule has 20 heavy (non-hydrogen) atoms. The molecule has 1 aliphatic rings. The maximum absolute atomic E-state index is 5.88. The van der Waals surface area contributed by atoms with Crippen LogP contribution in [0.5, 0.6) is 5.75 Å². The summed E-state index contributed by atoms with van der Waals surface area (Å²) in [6.07, 6.45) is 10.9. The lowest BCUT2D eigenvalue weighted by Crippen LogP contribution is -2.19.